The maximum Gasteiger partial charge on any atom is 0.223 e. The van der Waals surface area contributed by atoms with Crippen LogP contribution in [0.4, 0.5) is 8.78 Å². The number of hydrogen-bond donors (Lipinski definition) is 2. The molecule has 2 atom stereocenters. The molecule has 0 saturated heterocycles. The molecule has 6 heteroatoms. The average Bonchev–Trinajstić information content (AvgIpc) is 3.29. The van der Waals surface area contributed by atoms with Crippen LogP contribution >= 0.6 is 0 Å². The number of nitrogens with one attached hydrogen (secondary N) is 1. The number of nitrogens with two attached hydrogens (primary N) is 1. The smallest absolute Gasteiger partial charge is 0.223 e. The van der Waals surface area contributed by atoms with Gasteiger partial charge in [-0.25, -0.2) is 8.78 Å². The van der Waals surface area contributed by atoms with E-state index in [1.165, 1.54) is 12.1 Å². The van der Waals surface area contributed by atoms with Gasteiger partial charge in [0, 0.05) is 24.4 Å². The van der Waals surface area contributed by atoms with E-state index in [9.17, 15) is 18.4 Å². The summed E-state index contributed by atoms with van der Waals surface area (Å²) >= 11 is 0. The van der Waals surface area contributed by atoms with Gasteiger partial charge in [0.25, 0.3) is 0 Å². The molecule has 0 heterocycles. The second-order valence-electron chi connectivity index (χ2n) is 6.51. The number of hydrogen-bond acceptors (Lipinski definition) is 2. The fourth-order valence-corrected chi connectivity index (χ4v) is 3.09. The first-order valence-corrected chi connectivity index (χ1v) is 8.42. The number of carbonyl (C=O) groups excluding carboxylic acids is 2. The normalized spacial score (nSPS) is 16.5. The molecule has 1 aliphatic rings. The molecule has 0 spiro atoms. The Balaban J connectivity index is 2.09. The third-order valence-electron chi connectivity index (χ3n) is 4.49. The number of primary amides is 1. The van der Waals surface area contributed by atoms with Crippen LogP contribution in [0.5, 0.6) is 0 Å². The second kappa shape index (κ2) is 8.22. The fourth-order valence-electron chi connectivity index (χ4n) is 3.09. The zero-order chi connectivity index (χ0) is 17.7. The molecule has 1 unspecified atom stereocenters. The zero-order valence-electron chi connectivity index (χ0n) is 13.9. The molecular weight excluding hydrogens is 314 g/mol. The van der Waals surface area contributed by atoms with E-state index in [1.807, 2.05) is 6.92 Å². The average molecular weight is 338 g/mol. The van der Waals surface area contributed by atoms with Gasteiger partial charge in [-0.3, -0.25) is 9.59 Å². The third kappa shape index (κ3) is 5.28. The summed E-state index contributed by atoms with van der Waals surface area (Å²) in [6.45, 7) is 2.31. The van der Waals surface area contributed by atoms with Crippen molar-refractivity contribution in [1.29, 1.82) is 0 Å². The number of aryl methyl sites for hydroxylation is 1. The van der Waals surface area contributed by atoms with Gasteiger partial charge in [0.1, 0.15) is 11.6 Å². The maximum atomic E-state index is 13.3. The summed E-state index contributed by atoms with van der Waals surface area (Å²) < 4.78 is 26.6. The van der Waals surface area contributed by atoms with Gasteiger partial charge >= 0.3 is 0 Å². The van der Waals surface area contributed by atoms with Crippen LogP contribution in [-0.2, 0) is 16.0 Å². The first kappa shape index (κ1) is 18.4. The molecule has 24 heavy (non-hydrogen) atoms. The summed E-state index contributed by atoms with van der Waals surface area (Å²) in [6, 6.07) is 3.28. The highest BCUT2D eigenvalue weighted by Gasteiger charge is 2.36. The predicted molar refractivity (Wildman–Crippen MR) is 86.9 cm³/mol. The summed E-state index contributed by atoms with van der Waals surface area (Å²) in [4.78, 5) is 24.2. The maximum absolute atomic E-state index is 13.3. The SMILES string of the molecule is CCNC(=O)C(CC1CC1)[C@H](CCc1cc(F)cc(F)c1)C(N)=O. The number of halogens is 2. The molecule has 1 saturated carbocycles. The highest BCUT2D eigenvalue weighted by atomic mass is 19.1. The van der Waals surface area contributed by atoms with Crippen molar-refractivity contribution in [2.45, 2.75) is 39.0 Å². The van der Waals surface area contributed by atoms with Gasteiger partial charge in [-0.05, 0) is 49.8 Å². The molecule has 0 aromatic heterocycles. The highest BCUT2D eigenvalue weighted by molar-refractivity contribution is 5.86. The van der Waals surface area contributed by atoms with Crippen molar-refractivity contribution in [1.82, 2.24) is 5.32 Å². The Morgan fingerprint density at radius 3 is 2.33 bits per heavy atom. The fraction of sp³-hybridized carbons (Fsp3) is 0.556. The van der Waals surface area contributed by atoms with Crippen molar-refractivity contribution in [2.75, 3.05) is 6.54 Å². The first-order valence-electron chi connectivity index (χ1n) is 8.42. The molecule has 3 N–H and O–H groups in total. The van der Waals surface area contributed by atoms with Crippen molar-refractivity contribution >= 4 is 11.8 Å². The van der Waals surface area contributed by atoms with Crippen LogP contribution in [0.1, 0.15) is 38.2 Å². The van der Waals surface area contributed by atoms with E-state index in [0.29, 0.717) is 37.3 Å². The zero-order valence-corrected chi connectivity index (χ0v) is 13.9. The minimum Gasteiger partial charge on any atom is -0.369 e. The molecular formula is C18H24F2N2O2. The molecule has 4 nitrogen and oxygen atoms in total. The Bertz CT molecular complexity index is 582. The summed E-state index contributed by atoms with van der Waals surface area (Å²) in [5.41, 5.74) is 5.98. The molecule has 1 aromatic rings. The molecule has 0 bridgehead atoms. The van der Waals surface area contributed by atoms with Crippen LogP contribution in [0.25, 0.3) is 0 Å². The van der Waals surface area contributed by atoms with Gasteiger partial charge in [0.05, 0.1) is 0 Å². The van der Waals surface area contributed by atoms with E-state index >= 15 is 0 Å². The Labute approximate surface area is 140 Å². The van der Waals surface area contributed by atoms with Crippen LogP contribution in [0, 0.1) is 29.4 Å². The summed E-state index contributed by atoms with van der Waals surface area (Å²) in [5.74, 6) is -2.66. The molecule has 2 rings (SSSR count). The van der Waals surface area contributed by atoms with E-state index in [-0.39, 0.29) is 5.91 Å². The van der Waals surface area contributed by atoms with Crippen LogP contribution in [0.15, 0.2) is 18.2 Å². The van der Waals surface area contributed by atoms with Crippen LogP contribution in [-0.4, -0.2) is 18.4 Å². The van der Waals surface area contributed by atoms with Crippen molar-refractivity contribution in [3.8, 4) is 0 Å². The number of carbonyl (C=O) groups is 2. The van der Waals surface area contributed by atoms with Gasteiger partial charge in [-0.1, -0.05) is 12.8 Å². The van der Waals surface area contributed by atoms with Gasteiger partial charge < -0.3 is 11.1 Å². The lowest BCUT2D eigenvalue weighted by atomic mass is 9.82. The lowest BCUT2D eigenvalue weighted by molar-refractivity contribution is -0.133. The molecule has 1 fully saturated rings. The Morgan fingerprint density at radius 1 is 1.21 bits per heavy atom. The molecule has 2 amide bonds. The standard InChI is InChI=1S/C18H24F2N2O2/c1-2-22-18(24)16(9-11-3-4-11)15(17(21)23)6-5-12-7-13(19)10-14(20)8-12/h7-8,10-11,15-16H,2-6,9H2,1H3,(H2,21,23)(H,22,24)/t15-,16?/m0/s1. The van der Waals surface area contributed by atoms with Crippen LogP contribution in [0.2, 0.25) is 0 Å². The topological polar surface area (TPSA) is 72.2 Å². The summed E-state index contributed by atoms with van der Waals surface area (Å²) in [7, 11) is 0. The summed E-state index contributed by atoms with van der Waals surface area (Å²) in [6.07, 6.45) is 3.36. The Hall–Kier alpha value is -1.98. The van der Waals surface area contributed by atoms with Gasteiger partial charge in [0.2, 0.25) is 11.8 Å². The number of amides is 2. The molecule has 1 aromatic carbocycles. The van der Waals surface area contributed by atoms with Crippen LogP contribution < -0.4 is 11.1 Å². The van der Waals surface area contributed by atoms with E-state index < -0.39 is 29.4 Å². The first-order chi connectivity index (χ1) is 11.4. The van der Waals surface area contributed by atoms with E-state index in [0.717, 1.165) is 18.9 Å². The predicted octanol–water partition coefficient (Wildman–Crippen LogP) is 2.55. The number of benzene rings is 1. The summed E-state index contributed by atoms with van der Waals surface area (Å²) in [5, 5.41) is 2.76. The lowest BCUT2D eigenvalue weighted by Crippen LogP contribution is -2.41. The molecule has 1 aliphatic carbocycles. The van der Waals surface area contributed by atoms with Crippen molar-refractivity contribution < 1.29 is 18.4 Å². The third-order valence-corrected chi connectivity index (χ3v) is 4.49. The second-order valence-corrected chi connectivity index (χ2v) is 6.51. The minimum atomic E-state index is -0.654. The molecule has 0 aliphatic heterocycles. The Kier molecular flexibility index (Phi) is 6.29. The lowest BCUT2D eigenvalue weighted by Gasteiger charge is -2.24. The largest absolute Gasteiger partial charge is 0.369 e. The monoisotopic (exact) mass is 338 g/mol. The van der Waals surface area contributed by atoms with E-state index in [2.05, 4.69) is 5.32 Å². The minimum absolute atomic E-state index is 0.168. The van der Waals surface area contributed by atoms with Crippen molar-refractivity contribution in [3.05, 3.63) is 35.4 Å². The van der Waals surface area contributed by atoms with E-state index in [1.54, 1.807) is 0 Å². The quantitative estimate of drug-likeness (QED) is 0.726. The van der Waals surface area contributed by atoms with Crippen molar-refractivity contribution in [3.63, 3.8) is 0 Å². The van der Waals surface area contributed by atoms with E-state index in [4.69, 9.17) is 5.73 Å². The van der Waals surface area contributed by atoms with Gasteiger partial charge in [-0.2, -0.15) is 0 Å². The van der Waals surface area contributed by atoms with Crippen molar-refractivity contribution in [2.24, 2.45) is 23.5 Å². The van der Waals surface area contributed by atoms with Gasteiger partial charge in [-0.15, -0.1) is 0 Å². The van der Waals surface area contributed by atoms with Crippen LogP contribution in [0.3, 0.4) is 0 Å². The number of rotatable bonds is 9. The highest BCUT2D eigenvalue weighted by Crippen LogP contribution is 2.38. The Morgan fingerprint density at radius 2 is 1.83 bits per heavy atom. The van der Waals surface area contributed by atoms with Gasteiger partial charge in [0.15, 0.2) is 0 Å². The molecule has 132 valence electrons. The molecule has 0 radical (unpaired) electrons.